The molecule has 0 nitrogen and oxygen atoms in total. The van der Waals surface area contributed by atoms with Gasteiger partial charge in [-0.15, -0.1) is 0 Å². The first-order chi connectivity index (χ1) is 14.0. The van der Waals surface area contributed by atoms with Crippen LogP contribution in [0.2, 0.25) is 0 Å². The molecule has 0 N–H and O–H groups in total. The highest BCUT2D eigenvalue weighted by Crippen LogP contribution is 2.56. The summed E-state index contributed by atoms with van der Waals surface area (Å²) in [4.78, 5) is 0. The summed E-state index contributed by atoms with van der Waals surface area (Å²) < 4.78 is 0. The van der Waals surface area contributed by atoms with E-state index in [0.29, 0.717) is 0 Å². The summed E-state index contributed by atoms with van der Waals surface area (Å²) in [5.74, 6) is 0. The molecule has 0 spiro atoms. The SMILES string of the molecule is CC(C)(C)c1ccc2c(c1)-c1ccccc1C2(c1ccccc1)c1ccccc1. The van der Waals surface area contributed by atoms with Gasteiger partial charge in [0, 0.05) is 0 Å². The van der Waals surface area contributed by atoms with E-state index in [2.05, 4.69) is 124 Å². The third-order valence-electron chi connectivity index (χ3n) is 6.32. The molecule has 0 bridgehead atoms. The molecule has 0 heterocycles. The van der Waals surface area contributed by atoms with Crippen molar-refractivity contribution >= 4 is 0 Å². The minimum absolute atomic E-state index is 0.120. The van der Waals surface area contributed by atoms with Crippen LogP contribution in [0.25, 0.3) is 11.1 Å². The van der Waals surface area contributed by atoms with Gasteiger partial charge in [-0.25, -0.2) is 0 Å². The predicted molar refractivity (Wildman–Crippen MR) is 122 cm³/mol. The first-order valence-corrected chi connectivity index (χ1v) is 10.4. The van der Waals surface area contributed by atoms with Crippen molar-refractivity contribution in [2.24, 2.45) is 0 Å². The zero-order chi connectivity index (χ0) is 20.1. The smallest absolute Gasteiger partial charge is 0.0622 e. The molecule has 5 rings (SSSR count). The molecular formula is C29H26. The van der Waals surface area contributed by atoms with Gasteiger partial charge in [0.25, 0.3) is 0 Å². The second-order valence-corrected chi connectivity index (χ2v) is 9.04. The second kappa shape index (κ2) is 6.46. The fourth-order valence-electron chi connectivity index (χ4n) is 4.92. The summed E-state index contributed by atoms with van der Waals surface area (Å²) in [7, 11) is 0. The van der Waals surface area contributed by atoms with E-state index in [1.54, 1.807) is 0 Å². The van der Waals surface area contributed by atoms with Crippen molar-refractivity contribution in [2.45, 2.75) is 31.6 Å². The summed E-state index contributed by atoms with van der Waals surface area (Å²) in [5, 5.41) is 0. The van der Waals surface area contributed by atoms with E-state index in [1.165, 1.54) is 38.9 Å². The van der Waals surface area contributed by atoms with Crippen LogP contribution in [0.4, 0.5) is 0 Å². The molecule has 4 aromatic carbocycles. The van der Waals surface area contributed by atoms with E-state index in [1.807, 2.05) is 0 Å². The van der Waals surface area contributed by atoms with E-state index in [-0.39, 0.29) is 10.8 Å². The summed E-state index contributed by atoms with van der Waals surface area (Å²) in [6.07, 6.45) is 0. The highest BCUT2D eigenvalue weighted by molar-refractivity contribution is 5.86. The zero-order valence-corrected chi connectivity index (χ0v) is 17.3. The van der Waals surface area contributed by atoms with Crippen molar-refractivity contribution in [1.29, 1.82) is 0 Å². The van der Waals surface area contributed by atoms with E-state index < -0.39 is 0 Å². The molecule has 142 valence electrons. The lowest BCUT2D eigenvalue weighted by molar-refractivity contribution is 0.590. The van der Waals surface area contributed by atoms with E-state index >= 15 is 0 Å². The van der Waals surface area contributed by atoms with Crippen molar-refractivity contribution in [2.75, 3.05) is 0 Å². The summed E-state index contributed by atoms with van der Waals surface area (Å²) >= 11 is 0. The van der Waals surface area contributed by atoms with Gasteiger partial charge in [-0.3, -0.25) is 0 Å². The van der Waals surface area contributed by atoms with Gasteiger partial charge >= 0.3 is 0 Å². The lowest BCUT2D eigenvalue weighted by Gasteiger charge is -2.34. The Bertz CT molecular complexity index is 1120. The third-order valence-corrected chi connectivity index (χ3v) is 6.32. The molecule has 29 heavy (non-hydrogen) atoms. The van der Waals surface area contributed by atoms with Gasteiger partial charge in [0.2, 0.25) is 0 Å². The van der Waals surface area contributed by atoms with Crippen LogP contribution in [0.1, 0.15) is 48.6 Å². The van der Waals surface area contributed by atoms with Crippen LogP contribution in [0, 0.1) is 0 Å². The minimum atomic E-state index is -0.287. The molecule has 0 atom stereocenters. The van der Waals surface area contributed by atoms with Crippen LogP contribution in [-0.2, 0) is 10.8 Å². The molecule has 0 saturated heterocycles. The molecule has 4 aromatic rings. The van der Waals surface area contributed by atoms with Crippen molar-refractivity contribution < 1.29 is 0 Å². The zero-order valence-electron chi connectivity index (χ0n) is 17.3. The third kappa shape index (κ3) is 2.59. The van der Waals surface area contributed by atoms with Crippen LogP contribution >= 0.6 is 0 Å². The molecule has 0 amide bonds. The Hall–Kier alpha value is -3.12. The van der Waals surface area contributed by atoms with Gasteiger partial charge in [-0.2, -0.15) is 0 Å². The number of benzene rings is 4. The maximum atomic E-state index is 2.42. The molecule has 0 heteroatoms. The Labute approximate surface area is 173 Å². The van der Waals surface area contributed by atoms with E-state index in [4.69, 9.17) is 0 Å². The largest absolute Gasteiger partial charge is 0.0713 e. The van der Waals surface area contributed by atoms with E-state index in [9.17, 15) is 0 Å². The Morgan fingerprint density at radius 2 is 1.03 bits per heavy atom. The molecule has 0 aliphatic heterocycles. The lowest BCUT2D eigenvalue weighted by Crippen LogP contribution is -2.28. The van der Waals surface area contributed by atoms with Gasteiger partial charge in [-0.1, -0.05) is 124 Å². The van der Waals surface area contributed by atoms with Gasteiger partial charge in [0.1, 0.15) is 0 Å². The highest BCUT2D eigenvalue weighted by Gasteiger charge is 2.46. The second-order valence-electron chi connectivity index (χ2n) is 9.04. The average Bonchev–Trinajstić information content (AvgIpc) is 3.05. The lowest BCUT2D eigenvalue weighted by atomic mass is 9.67. The summed E-state index contributed by atoms with van der Waals surface area (Å²) in [5.41, 5.74) is 9.31. The molecule has 0 unspecified atom stereocenters. The fraction of sp³-hybridized carbons (Fsp3) is 0.172. The first-order valence-electron chi connectivity index (χ1n) is 10.4. The summed E-state index contributed by atoms with van der Waals surface area (Å²) in [6, 6.07) is 38.0. The maximum Gasteiger partial charge on any atom is 0.0713 e. The fourth-order valence-corrected chi connectivity index (χ4v) is 4.92. The monoisotopic (exact) mass is 374 g/mol. The number of hydrogen-bond acceptors (Lipinski definition) is 0. The molecule has 0 fully saturated rings. The highest BCUT2D eigenvalue weighted by atomic mass is 14.5. The van der Waals surface area contributed by atoms with Crippen LogP contribution in [0.15, 0.2) is 103 Å². The molecular weight excluding hydrogens is 348 g/mol. The first kappa shape index (κ1) is 17.9. The minimum Gasteiger partial charge on any atom is -0.0622 e. The number of rotatable bonds is 2. The standard InChI is InChI=1S/C29H26/c1-28(2,3)23-18-19-27-25(20-23)24-16-10-11-17-26(24)29(27,21-12-6-4-7-13-21)22-14-8-5-9-15-22/h4-20H,1-3H3. The molecule has 0 radical (unpaired) electrons. The normalized spacial score (nSPS) is 14.3. The number of hydrogen-bond donors (Lipinski definition) is 0. The molecule has 0 saturated carbocycles. The van der Waals surface area contributed by atoms with Gasteiger partial charge in [-0.05, 0) is 44.4 Å². The van der Waals surface area contributed by atoms with Crippen molar-refractivity contribution in [1.82, 2.24) is 0 Å². The van der Waals surface area contributed by atoms with Crippen LogP contribution < -0.4 is 0 Å². The quantitative estimate of drug-likeness (QED) is 0.303. The van der Waals surface area contributed by atoms with Gasteiger partial charge in [0.05, 0.1) is 5.41 Å². The average molecular weight is 375 g/mol. The van der Waals surface area contributed by atoms with Gasteiger partial charge in [0.15, 0.2) is 0 Å². The van der Waals surface area contributed by atoms with Crippen molar-refractivity contribution in [3.63, 3.8) is 0 Å². The topological polar surface area (TPSA) is 0 Å². The van der Waals surface area contributed by atoms with Crippen molar-refractivity contribution in [3.05, 3.63) is 131 Å². The van der Waals surface area contributed by atoms with Gasteiger partial charge < -0.3 is 0 Å². The molecule has 1 aliphatic carbocycles. The van der Waals surface area contributed by atoms with Crippen LogP contribution in [0.5, 0.6) is 0 Å². The predicted octanol–water partition coefficient (Wildman–Crippen LogP) is 7.35. The number of fused-ring (bicyclic) bond motifs is 3. The Morgan fingerprint density at radius 1 is 0.517 bits per heavy atom. The molecule has 1 aliphatic rings. The van der Waals surface area contributed by atoms with Crippen LogP contribution in [-0.4, -0.2) is 0 Å². The molecule has 0 aromatic heterocycles. The Balaban J connectivity index is 1.93. The van der Waals surface area contributed by atoms with Crippen molar-refractivity contribution in [3.8, 4) is 11.1 Å². The van der Waals surface area contributed by atoms with Crippen LogP contribution in [0.3, 0.4) is 0 Å². The summed E-state index contributed by atoms with van der Waals surface area (Å²) in [6.45, 7) is 6.87. The van der Waals surface area contributed by atoms with E-state index in [0.717, 1.165) is 0 Å². The Morgan fingerprint density at radius 3 is 1.62 bits per heavy atom. The maximum absolute atomic E-state index is 2.42. The Kier molecular flexibility index (Phi) is 3.99.